The number of thioether (sulfide) groups is 1. The van der Waals surface area contributed by atoms with E-state index in [1.54, 1.807) is 18.1 Å². The number of halogens is 1. The summed E-state index contributed by atoms with van der Waals surface area (Å²) >= 11 is 5.09. The standard InChI is InChI=1S/C10H9BrN2S/c1-14-10-8-4-7(5-11)2-3-9(8)12-6-13-10/h2-4,6H,5H2,1H3. The molecule has 0 aliphatic carbocycles. The Balaban J connectivity index is 2.70. The summed E-state index contributed by atoms with van der Waals surface area (Å²) in [6.07, 6.45) is 3.64. The number of nitrogens with zero attached hydrogens (tertiary/aromatic N) is 2. The molecule has 2 aromatic rings. The van der Waals surface area contributed by atoms with Gasteiger partial charge in [0.05, 0.1) is 5.52 Å². The third-order valence-electron chi connectivity index (χ3n) is 2.01. The van der Waals surface area contributed by atoms with Crippen LogP contribution in [0, 0.1) is 0 Å². The third kappa shape index (κ3) is 1.77. The highest BCUT2D eigenvalue weighted by atomic mass is 79.9. The summed E-state index contributed by atoms with van der Waals surface area (Å²) in [5, 5.41) is 3.04. The Morgan fingerprint density at radius 3 is 2.93 bits per heavy atom. The van der Waals surface area contributed by atoms with Gasteiger partial charge < -0.3 is 0 Å². The minimum atomic E-state index is 0.867. The first-order valence-corrected chi connectivity index (χ1v) is 6.53. The number of rotatable bonds is 2. The number of hydrogen-bond acceptors (Lipinski definition) is 3. The fraction of sp³-hybridized carbons (Fsp3) is 0.200. The molecule has 0 atom stereocenters. The van der Waals surface area contributed by atoms with Crippen LogP contribution in [0.5, 0.6) is 0 Å². The highest BCUT2D eigenvalue weighted by Gasteiger charge is 2.02. The molecule has 1 heterocycles. The van der Waals surface area contributed by atoms with Crippen molar-refractivity contribution < 1.29 is 0 Å². The summed E-state index contributed by atoms with van der Waals surface area (Å²) in [4.78, 5) is 8.46. The summed E-state index contributed by atoms with van der Waals surface area (Å²) in [6.45, 7) is 0. The van der Waals surface area contributed by atoms with Crippen molar-refractivity contribution in [1.29, 1.82) is 0 Å². The van der Waals surface area contributed by atoms with Crippen LogP contribution < -0.4 is 0 Å². The first-order chi connectivity index (χ1) is 6.85. The van der Waals surface area contributed by atoms with Crippen molar-refractivity contribution in [2.45, 2.75) is 10.4 Å². The molecule has 4 heteroatoms. The van der Waals surface area contributed by atoms with Crippen molar-refractivity contribution in [3.05, 3.63) is 30.1 Å². The van der Waals surface area contributed by atoms with Gasteiger partial charge >= 0.3 is 0 Å². The van der Waals surface area contributed by atoms with Crippen LogP contribution in [0.4, 0.5) is 0 Å². The molecule has 0 saturated heterocycles. The molecular weight excluding hydrogens is 260 g/mol. The van der Waals surface area contributed by atoms with E-state index in [4.69, 9.17) is 0 Å². The van der Waals surface area contributed by atoms with E-state index in [-0.39, 0.29) is 0 Å². The lowest BCUT2D eigenvalue weighted by Gasteiger charge is -2.03. The molecule has 0 spiro atoms. The second-order valence-corrected chi connectivity index (χ2v) is 4.22. The Hall–Kier alpha value is -0.610. The predicted molar refractivity (Wildman–Crippen MR) is 64.0 cm³/mol. The maximum atomic E-state index is 4.24. The molecule has 0 N–H and O–H groups in total. The van der Waals surface area contributed by atoms with Crippen molar-refractivity contribution in [1.82, 2.24) is 9.97 Å². The molecule has 14 heavy (non-hydrogen) atoms. The minimum Gasteiger partial charge on any atom is -0.236 e. The molecule has 0 aliphatic heterocycles. The molecule has 1 aromatic heterocycles. The van der Waals surface area contributed by atoms with Gasteiger partial charge in [-0.3, -0.25) is 0 Å². The zero-order valence-corrected chi connectivity index (χ0v) is 10.1. The number of hydrogen-bond donors (Lipinski definition) is 0. The highest BCUT2D eigenvalue weighted by Crippen LogP contribution is 2.23. The Morgan fingerprint density at radius 1 is 1.36 bits per heavy atom. The lowest BCUT2D eigenvalue weighted by molar-refractivity contribution is 1.10. The molecule has 0 saturated carbocycles. The van der Waals surface area contributed by atoms with Crippen molar-refractivity contribution in [3.63, 3.8) is 0 Å². The van der Waals surface area contributed by atoms with E-state index in [1.165, 1.54) is 5.56 Å². The highest BCUT2D eigenvalue weighted by molar-refractivity contribution is 9.08. The smallest absolute Gasteiger partial charge is 0.117 e. The second-order valence-electron chi connectivity index (χ2n) is 2.87. The number of fused-ring (bicyclic) bond motifs is 1. The molecular formula is C10H9BrN2S. The molecule has 0 fully saturated rings. The normalized spacial score (nSPS) is 10.7. The van der Waals surface area contributed by atoms with Gasteiger partial charge in [-0.15, -0.1) is 11.8 Å². The lowest BCUT2D eigenvalue weighted by atomic mass is 10.2. The van der Waals surface area contributed by atoms with Crippen molar-refractivity contribution >= 4 is 38.6 Å². The van der Waals surface area contributed by atoms with Crippen molar-refractivity contribution in [2.75, 3.05) is 6.26 Å². The van der Waals surface area contributed by atoms with Gasteiger partial charge in [0, 0.05) is 10.7 Å². The fourth-order valence-electron chi connectivity index (χ4n) is 1.33. The quantitative estimate of drug-likeness (QED) is 0.475. The van der Waals surface area contributed by atoms with E-state index in [0.29, 0.717) is 0 Å². The van der Waals surface area contributed by atoms with E-state index in [2.05, 4.69) is 38.0 Å². The summed E-state index contributed by atoms with van der Waals surface area (Å²) in [5.41, 5.74) is 2.26. The lowest BCUT2D eigenvalue weighted by Crippen LogP contribution is -1.87. The van der Waals surface area contributed by atoms with Crippen molar-refractivity contribution in [3.8, 4) is 0 Å². The van der Waals surface area contributed by atoms with Gasteiger partial charge in [0.1, 0.15) is 11.4 Å². The number of aromatic nitrogens is 2. The van der Waals surface area contributed by atoms with Gasteiger partial charge in [-0.2, -0.15) is 0 Å². The summed E-state index contributed by atoms with van der Waals surface area (Å²) in [7, 11) is 0. The predicted octanol–water partition coefficient (Wildman–Crippen LogP) is 3.25. The van der Waals surface area contributed by atoms with Gasteiger partial charge in [0.15, 0.2) is 0 Å². The first-order valence-electron chi connectivity index (χ1n) is 4.18. The summed E-state index contributed by atoms with van der Waals surface area (Å²) in [6, 6.07) is 6.25. The van der Waals surface area contributed by atoms with E-state index in [9.17, 15) is 0 Å². The molecule has 72 valence electrons. The fourth-order valence-corrected chi connectivity index (χ4v) is 2.21. The maximum absolute atomic E-state index is 4.24. The van der Waals surface area contributed by atoms with E-state index < -0.39 is 0 Å². The van der Waals surface area contributed by atoms with Crippen LogP contribution in [0.1, 0.15) is 5.56 Å². The average molecular weight is 269 g/mol. The molecule has 2 rings (SSSR count). The van der Waals surface area contributed by atoms with Gasteiger partial charge in [-0.25, -0.2) is 9.97 Å². The Bertz CT molecular complexity index is 459. The Labute approximate surface area is 95.3 Å². The largest absolute Gasteiger partial charge is 0.236 e. The first kappa shape index (κ1) is 9.93. The van der Waals surface area contributed by atoms with Gasteiger partial charge in [-0.05, 0) is 24.0 Å². The molecule has 0 bridgehead atoms. The summed E-state index contributed by atoms with van der Waals surface area (Å²) < 4.78 is 0. The van der Waals surface area contributed by atoms with Crippen molar-refractivity contribution in [2.24, 2.45) is 0 Å². The Kier molecular flexibility index (Phi) is 3.03. The molecule has 0 aliphatic rings. The van der Waals surface area contributed by atoms with Gasteiger partial charge in [-0.1, -0.05) is 22.0 Å². The average Bonchev–Trinajstić information content (AvgIpc) is 2.27. The van der Waals surface area contributed by atoms with Gasteiger partial charge in [0.25, 0.3) is 0 Å². The van der Waals surface area contributed by atoms with Gasteiger partial charge in [0.2, 0.25) is 0 Å². The molecule has 0 amide bonds. The molecule has 1 aromatic carbocycles. The zero-order valence-electron chi connectivity index (χ0n) is 7.70. The topological polar surface area (TPSA) is 25.8 Å². The van der Waals surface area contributed by atoms with E-state index in [1.807, 2.05) is 12.3 Å². The molecule has 2 nitrogen and oxygen atoms in total. The van der Waals surface area contributed by atoms with Crippen LogP contribution in [0.3, 0.4) is 0 Å². The van der Waals surface area contributed by atoms with E-state index in [0.717, 1.165) is 21.3 Å². The third-order valence-corrected chi connectivity index (χ3v) is 3.37. The Morgan fingerprint density at radius 2 is 2.21 bits per heavy atom. The van der Waals surface area contributed by atoms with Crippen LogP contribution in [-0.4, -0.2) is 16.2 Å². The van der Waals surface area contributed by atoms with Crippen LogP contribution in [0.2, 0.25) is 0 Å². The molecule has 0 unspecified atom stereocenters. The zero-order chi connectivity index (χ0) is 9.97. The van der Waals surface area contributed by atoms with Crippen LogP contribution in [0.25, 0.3) is 10.9 Å². The number of alkyl halides is 1. The molecule has 0 radical (unpaired) electrons. The second kappa shape index (κ2) is 4.28. The SMILES string of the molecule is CSc1ncnc2ccc(CBr)cc12. The maximum Gasteiger partial charge on any atom is 0.117 e. The van der Waals surface area contributed by atoms with E-state index >= 15 is 0 Å². The van der Waals surface area contributed by atoms with Crippen LogP contribution in [-0.2, 0) is 5.33 Å². The van der Waals surface area contributed by atoms with Crippen LogP contribution in [0.15, 0.2) is 29.6 Å². The monoisotopic (exact) mass is 268 g/mol. The minimum absolute atomic E-state index is 0.867. The number of benzene rings is 1. The van der Waals surface area contributed by atoms with Crippen LogP contribution >= 0.6 is 27.7 Å². The summed E-state index contributed by atoms with van der Waals surface area (Å²) in [5.74, 6) is 0.